The van der Waals surface area contributed by atoms with Crippen molar-refractivity contribution in [3.8, 4) is 23.7 Å². The van der Waals surface area contributed by atoms with E-state index in [0.717, 1.165) is 25.7 Å². The van der Waals surface area contributed by atoms with Crippen molar-refractivity contribution in [2.45, 2.75) is 219 Å². The summed E-state index contributed by atoms with van der Waals surface area (Å²) in [7, 11) is 0. The molecule has 0 amide bonds. The first kappa shape index (κ1) is 44.1. The van der Waals surface area contributed by atoms with Gasteiger partial charge in [0, 0.05) is 12.8 Å². The fourth-order valence-corrected chi connectivity index (χ4v) is 5.82. The van der Waals surface area contributed by atoms with E-state index in [-0.39, 0.29) is 25.2 Å². The predicted molar refractivity (Wildman–Crippen MR) is 197 cm³/mol. The van der Waals surface area contributed by atoms with E-state index in [1.807, 2.05) is 0 Å². The third-order valence-electron chi connectivity index (χ3n) is 8.82. The van der Waals surface area contributed by atoms with Crippen molar-refractivity contribution in [2.24, 2.45) is 0 Å². The average molecular weight is 643 g/mol. The minimum atomic E-state index is -0.190. The third-order valence-corrected chi connectivity index (χ3v) is 8.82. The highest BCUT2D eigenvalue weighted by molar-refractivity contribution is 5.69. The molecule has 0 aliphatic rings. The molecule has 0 N–H and O–H groups in total. The molecular weight excluding hydrogens is 568 g/mol. The lowest BCUT2D eigenvalue weighted by molar-refractivity contribution is -0.143. The van der Waals surface area contributed by atoms with Crippen molar-refractivity contribution in [1.29, 1.82) is 0 Å². The van der Waals surface area contributed by atoms with Gasteiger partial charge in [0.1, 0.15) is 0 Å². The Morgan fingerprint density at radius 1 is 0.348 bits per heavy atom. The van der Waals surface area contributed by atoms with Gasteiger partial charge in [-0.1, -0.05) is 194 Å². The van der Waals surface area contributed by atoms with Gasteiger partial charge in [0.2, 0.25) is 0 Å². The molecule has 46 heavy (non-hydrogen) atoms. The van der Waals surface area contributed by atoms with Gasteiger partial charge in [-0.25, -0.2) is 0 Å². The van der Waals surface area contributed by atoms with Crippen molar-refractivity contribution in [3.63, 3.8) is 0 Å². The molecule has 0 aromatic carbocycles. The summed E-state index contributed by atoms with van der Waals surface area (Å²) < 4.78 is 10.3. The molecule has 0 aliphatic heterocycles. The molecule has 0 atom stereocenters. The molecule has 0 unspecified atom stereocenters. The molecule has 0 aromatic heterocycles. The lowest BCUT2D eigenvalue weighted by Crippen LogP contribution is -2.04. The van der Waals surface area contributed by atoms with E-state index in [1.54, 1.807) is 0 Å². The van der Waals surface area contributed by atoms with Gasteiger partial charge in [-0.2, -0.15) is 0 Å². The number of carbonyl (C=O) groups is 2. The maximum atomic E-state index is 11.9. The Bertz CT molecular complexity index is 715. The van der Waals surface area contributed by atoms with Crippen LogP contribution in [0.5, 0.6) is 0 Å². The Hall–Kier alpha value is -1.94. The zero-order valence-corrected chi connectivity index (χ0v) is 30.7. The Balaban J connectivity index is 3.41. The molecule has 0 bridgehead atoms. The molecule has 0 radical (unpaired) electrons. The van der Waals surface area contributed by atoms with Gasteiger partial charge in [0.15, 0.2) is 13.2 Å². The predicted octanol–water partition coefficient (Wildman–Crippen LogP) is 12.6. The zero-order valence-electron chi connectivity index (χ0n) is 30.7. The van der Waals surface area contributed by atoms with Gasteiger partial charge < -0.3 is 9.47 Å². The Morgan fingerprint density at radius 2 is 0.565 bits per heavy atom. The molecule has 0 saturated heterocycles. The summed E-state index contributed by atoms with van der Waals surface area (Å²) in [6, 6.07) is 0. The third kappa shape index (κ3) is 38.2. The van der Waals surface area contributed by atoms with Gasteiger partial charge in [-0.15, -0.1) is 0 Å². The zero-order chi connectivity index (χ0) is 33.4. The van der Waals surface area contributed by atoms with Gasteiger partial charge >= 0.3 is 11.9 Å². The van der Waals surface area contributed by atoms with Crippen LogP contribution in [-0.2, 0) is 19.1 Å². The minimum absolute atomic E-state index is 0.0607. The largest absolute Gasteiger partial charge is 0.452 e. The summed E-state index contributed by atoms with van der Waals surface area (Å²) in [4.78, 5) is 23.7. The second-order valence-electron chi connectivity index (χ2n) is 13.3. The van der Waals surface area contributed by atoms with Gasteiger partial charge in [-0.3, -0.25) is 9.59 Å². The molecule has 0 heterocycles. The molecular formula is C42H74O4. The van der Waals surface area contributed by atoms with Crippen molar-refractivity contribution in [2.75, 3.05) is 13.2 Å². The summed E-state index contributed by atoms with van der Waals surface area (Å²) in [5.41, 5.74) is 0. The lowest BCUT2D eigenvalue weighted by atomic mass is 10.0. The van der Waals surface area contributed by atoms with Crippen LogP contribution >= 0.6 is 0 Å². The minimum Gasteiger partial charge on any atom is -0.452 e. The molecule has 0 rings (SSSR count). The van der Waals surface area contributed by atoms with E-state index in [2.05, 4.69) is 37.5 Å². The van der Waals surface area contributed by atoms with Crippen molar-refractivity contribution in [1.82, 2.24) is 0 Å². The fourth-order valence-electron chi connectivity index (χ4n) is 5.82. The van der Waals surface area contributed by atoms with E-state index in [4.69, 9.17) is 9.47 Å². The van der Waals surface area contributed by atoms with E-state index in [0.29, 0.717) is 12.8 Å². The van der Waals surface area contributed by atoms with E-state index >= 15 is 0 Å². The number of carbonyl (C=O) groups excluding carboxylic acids is 2. The highest BCUT2D eigenvalue weighted by Gasteiger charge is 2.02. The van der Waals surface area contributed by atoms with Crippen LogP contribution in [0.1, 0.15) is 219 Å². The molecule has 0 saturated carbocycles. The Morgan fingerprint density at radius 3 is 0.804 bits per heavy atom. The van der Waals surface area contributed by atoms with E-state index in [1.165, 1.54) is 167 Å². The first-order chi connectivity index (χ1) is 22.7. The maximum Gasteiger partial charge on any atom is 0.306 e. The quantitative estimate of drug-likeness (QED) is 0.0398. The highest BCUT2D eigenvalue weighted by atomic mass is 16.5. The van der Waals surface area contributed by atoms with Crippen molar-refractivity contribution >= 4 is 11.9 Å². The smallest absolute Gasteiger partial charge is 0.306 e. The van der Waals surface area contributed by atoms with Crippen LogP contribution < -0.4 is 0 Å². The fraction of sp³-hybridized carbons (Fsp3) is 0.857. The van der Waals surface area contributed by atoms with Crippen LogP contribution in [-0.4, -0.2) is 25.2 Å². The standard InChI is InChI=1S/C42H74O4/c1-3-5-7-9-11-13-15-17-19-21-23-25-27-29-33-37-41(43)45-39-35-31-32-36-40-46-42(44)38-34-30-28-26-24-22-20-18-16-14-12-10-8-6-4-2/h3-30,33-34,37-40H2,1-2H3. The molecule has 0 aliphatic carbocycles. The van der Waals surface area contributed by atoms with Crippen LogP contribution in [0.15, 0.2) is 0 Å². The van der Waals surface area contributed by atoms with Crippen LogP contribution in [0.2, 0.25) is 0 Å². The topological polar surface area (TPSA) is 52.6 Å². The van der Waals surface area contributed by atoms with Gasteiger partial charge in [-0.05, 0) is 36.5 Å². The molecule has 4 nitrogen and oxygen atoms in total. The van der Waals surface area contributed by atoms with Crippen LogP contribution in [0, 0.1) is 23.7 Å². The second-order valence-corrected chi connectivity index (χ2v) is 13.3. The highest BCUT2D eigenvalue weighted by Crippen LogP contribution is 2.15. The maximum absolute atomic E-state index is 11.9. The Labute approximate surface area is 286 Å². The van der Waals surface area contributed by atoms with E-state index < -0.39 is 0 Å². The first-order valence-electron chi connectivity index (χ1n) is 20.0. The summed E-state index contributed by atoms with van der Waals surface area (Å²) >= 11 is 0. The molecule has 266 valence electrons. The number of hydrogen-bond acceptors (Lipinski definition) is 4. The second kappa shape index (κ2) is 39.2. The average Bonchev–Trinajstić information content (AvgIpc) is 3.05. The van der Waals surface area contributed by atoms with Crippen molar-refractivity contribution in [3.05, 3.63) is 0 Å². The SMILES string of the molecule is CCCCCCCCCCCCCCCCCC(=O)OCC#CC#CCOC(=O)CCCCCCCCCCCCCCCCC. The number of esters is 2. The lowest BCUT2D eigenvalue weighted by Gasteiger charge is -2.03. The van der Waals surface area contributed by atoms with Crippen LogP contribution in [0.25, 0.3) is 0 Å². The van der Waals surface area contributed by atoms with Gasteiger partial charge in [0.05, 0.1) is 0 Å². The monoisotopic (exact) mass is 643 g/mol. The first-order valence-corrected chi connectivity index (χ1v) is 20.0. The number of rotatable bonds is 34. The summed E-state index contributed by atoms with van der Waals surface area (Å²) in [5, 5.41) is 0. The molecule has 0 spiro atoms. The summed E-state index contributed by atoms with van der Waals surface area (Å²) in [6.45, 7) is 4.67. The number of unbranched alkanes of at least 4 members (excludes halogenated alkanes) is 28. The summed E-state index contributed by atoms with van der Waals surface area (Å²) in [6.07, 6.45) is 40.2. The van der Waals surface area contributed by atoms with Crippen LogP contribution in [0.4, 0.5) is 0 Å². The Kier molecular flexibility index (Phi) is 37.6. The molecule has 0 fully saturated rings. The van der Waals surface area contributed by atoms with E-state index in [9.17, 15) is 9.59 Å². The number of ether oxygens (including phenoxy) is 2. The molecule has 4 heteroatoms. The van der Waals surface area contributed by atoms with Crippen molar-refractivity contribution < 1.29 is 19.1 Å². The number of hydrogen-bond donors (Lipinski definition) is 0. The van der Waals surface area contributed by atoms with Gasteiger partial charge in [0.25, 0.3) is 0 Å². The normalized spacial score (nSPS) is 10.6. The summed E-state index contributed by atoms with van der Waals surface area (Å²) in [5.74, 6) is 10.4. The van der Waals surface area contributed by atoms with Crippen LogP contribution in [0.3, 0.4) is 0 Å². The molecule has 0 aromatic rings.